The van der Waals surface area contributed by atoms with Crippen LogP contribution in [0, 0.1) is 0 Å². The standard InChI is InChI=1S/C19H30N4O2/c24-18(23-12-5-2-6-16(23)17-20-10-11-21-17)22-15-7-13-25-19(14-15)8-3-1-4-9-19/h10-11,15-16H,1-9,12-14H2,(H,20,21)(H,22,24)/t15-,16-/m0/s1. The third-order valence-corrected chi connectivity index (χ3v) is 6.18. The summed E-state index contributed by atoms with van der Waals surface area (Å²) in [6.07, 6.45) is 14.8. The SMILES string of the molecule is O=C(N[C@H]1CCOC2(CCCCC2)C1)N1CCCC[C@H]1c1ncc[nH]1. The highest BCUT2D eigenvalue weighted by atomic mass is 16.5. The number of rotatable bonds is 2. The topological polar surface area (TPSA) is 70.2 Å². The van der Waals surface area contributed by atoms with Gasteiger partial charge in [0.1, 0.15) is 5.82 Å². The highest BCUT2D eigenvalue weighted by Crippen LogP contribution is 2.38. The minimum absolute atomic E-state index is 0.0246. The van der Waals surface area contributed by atoms with Crippen molar-refractivity contribution in [2.24, 2.45) is 0 Å². The van der Waals surface area contributed by atoms with E-state index in [0.717, 1.165) is 63.9 Å². The number of imidazole rings is 1. The van der Waals surface area contributed by atoms with E-state index in [0.29, 0.717) is 0 Å². The maximum atomic E-state index is 13.0. The Morgan fingerprint density at radius 1 is 1.24 bits per heavy atom. The van der Waals surface area contributed by atoms with Crippen LogP contribution in [0.5, 0.6) is 0 Å². The molecule has 4 rings (SSSR count). The van der Waals surface area contributed by atoms with Gasteiger partial charge in [-0.3, -0.25) is 0 Å². The van der Waals surface area contributed by atoms with Gasteiger partial charge in [-0.1, -0.05) is 19.3 Å². The van der Waals surface area contributed by atoms with E-state index in [1.165, 1.54) is 19.3 Å². The molecule has 3 aliphatic rings. The molecular weight excluding hydrogens is 316 g/mol. The number of hydrogen-bond donors (Lipinski definition) is 2. The normalized spacial score (nSPS) is 29.5. The molecule has 2 atom stereocenters. The molecule has 0 radical (unpaired) electrons. The number of nitrogens with one attached hydrogen (secondary N) is 2. The lowest BCUT2D eigenvalue weighted by Gasteiger charge is -2.44. The summed E-state index contributed by atoms with van der Waals surface area (Å²) in [6.45, 7) is 1.58. The van der Waals surface area contributed by atoms with Crippen molar-refractivity contribution in [1.29, 1.82) is 0 Å². The van der Waals surface area contributed by atoms with Crippen LogP contribution >= 0.6 is 0 Å². The molecule has 2 N–H and O–H groups in total. The predicted molar refractivity (Wildman–Crippen MR) is 95.2 cm³/mol. The first-order valence-corrected chi connectivity index (χ1v) is 9.96. The van der Waals surface area contributed by atoms with Crippen molar-refractivity contribution in [3.63, 3.8) is 0 Å². The molecule has 1 aliphatic carbocycles. The molecule has 1 aromatic rings. The number of nitrogens with zero attached hydrogens (tertiary/aromatic N) is 2. The predicted octanol–water partition coefficient (Wildman–Crippen LogP) is 3.53. The minimum atomic E-state index is 0.0246. The molecule has 2 aliphatic heterocycles. The maximum absolute atomic E-state index is 13.0. The van der Waals surface area contributed by atoms with Gasteiger partial charge in [-0.05, 0) is 44.9 Å². The second-order valence-corrected chi connectivity index (χ2v) is 7.91. The Morgan fingerprint density at radius 2 is 2.12 bits per heavy atom. The summed E-state index contributed by atoms with van der Waals surface area (Å²) in [5.74, 6) is 0.908. The average molecular weight is 346 g/mol. The van der Waals surface area contributed by atoms with Crippen molar-refractivity contribution in [1.82, 2.24) is 20.2 Å². The number of amides is 2. The van der Waals surface area contributed by atoms with E-state index in [9.17, 15) is 4.79 Å². The summed E-state index contributed by atoms with van der Waals surface area (Å²) < 4.78 is 6.16. The largest absolute Gasteiger partial charge is 0.375 e. The van der Waals surface area contributed by atoms with Crippen LogP contribution < -0.4 is 5.32 Å². The number of carbonyl (C=O) groups is 1. The molecule has 0 aromatic carbocycles. The summed E-state index contributed by atoms with van der Waals surface area (Å²) in [5.41, 5.74) is 0.0246. The van der Waals surface area contributed by atoms with Gasteiger partial charge in [0, 0.05) is 31.6 Å². The second kappa shape index (κ2) is 7.36. The number of aromatic amines is 1. The summed E-state index contributed by atoms with van der Waals surface area (Å²) in [7, 11) is 0. The molecule has 3 heterocycles. The van der Waals surface area contributed by atoms with Crippen LogP contribution in [0.3, 0.4) is 0 Å². The molecule has 6 nitrogen and oxygen atoms in total. The fraction of sp³-hybridized carbons (Fsp3) is 0.789. The van der Waals surface area contributed by atoms with Crippen molar-refractivity contribution >= 4 is 6.03 Å². The molecule has 138 valence electrons. The molecule has 2 saturated heterocycles. The summed E-state index contributed by atoms with van der Waals surface area (Å²) in [6, 6.07) is 0.379. The van der Waals surface area contributed by atoms with Crippen molar-refractivity contribution in [3.05, 3.63) is 18.2 Å². The number of aromatic nitrogens is 2. The third-order valence-electron chi connectivity index (χ3n) is 6.18. The number of H-pyrrole nitrogens is 1. The molecular formula is C19H30N4O2. The van der Waals surface area contributed by atoms with Gasteiger partial charge in [0.15, 0.2) is 0 Å². The van der Waals surface area contributed by atoms with Gasteiger partial charge in [-0.2, -0.15) is 0 Å². The van der Waals surface area contributed by atoms with Gasteiger partial charge in [-0.15, -0.1) is 0 Å². The van der Waals surface area contributed by atoms with Gasteiger partial charge in [0.25, 0.3) is 0 Å². The molecule has 2 amide bonds. The van der Waals surface area contributed by atoms with Gasteiger partial charge in [-0.25, -0.2) is 9.78 Å². The van der Waals surface area contributed by atoms with Gasteiger partial charge >= 0.3 is 6.03 Å². The number of ether oxygens (including phenoxy) is 1. The van der Waals surface area contributed by atoms with E-state index in [1.54, 1.807) is 6.20 Å². The first kappa shape index (κ1) is 16.9. The maximum Gasteiger partial charge on any atom is 0.318 e. The Labute approximate surface area is 149 Å². The molecule has 1 aromatic heterocycles. The Balaban J connectivity index is 1.40. The molecule has 0 unspecified atom stereocenters. The summed E-state index contributed by atoms with van der Waals surface area (Å²) in [4.78, 5) is 22.5. The quantitative estimate of drug-likeness (QED) is 0.860. The van der Waals surface area contributed by atoms with E-state index >= 15 is 0 Å². The lowest BCUT2D eigenvalue weighted by molar-refractivity contribution is -0.108. The lowest BCUT2D eigenvalue weighted by atomic mass is 9.78. The zero-order chi connectivity index (χ0) is 17.1. The molecule has 1 spiro atoms. The van der Waals surface area contributed by atoms with Crippen molar-refractivity contribution < 1.29 is 9.53 Å². The molecule has 3 fully saturated rings. The monoisotopic (exact) mass is 346 g/mol. The first-order valence-electron chi connectivity index (χ1n) is 9.96. The van der Waals surface area contributed by atoms with Gasteiger partial charge in [0.05, 0.1) is 11.6 Å². The molecule has 6 heteroatoms. The van der Waals surface area contributed by atoms with E-state index < -0.39 is 0 Å². The smallest absolute Gasteiger partial charge is 0.318 e. The number of carbonyl (C=O) groups excluding carboxylic acids is 1. The van der Waals surface area contributed by atoms with Crippen LogP contribution in [0.1, 0.15) is 76.1 Å². The van der Waals surface area contributed by atoms with Crippen LogP contribution in [0.4, 0.5) is 4.79 Å². The number of urea groups is 1. The average Bonchev–Trinajstić information content (AvgIpc) is 3.17. The first-order chi connectivity index (χ1) is 12.3. The summed E-state index contributed by atoms with van der Waals surface area (Å²) in [5, 5.41) is 3.32. The Morgan fingerprint density at radius 3 is 2.92 bits per heavy atom. The van der Waals surface area contributed by atoms with Crippen molar-refractivity contribution in [2.45, 2.75) is 81.9 Å². The van der Waals surface area contributed by atoms with Crippen LogP contribution in [-0.2, 0) is 4.74 Å². The Bertz CT molecular complexity index is 562. The van der Waals surface area contributed by atoms with E-state index in [-0.39, 0.29) is 23.7 Å². The van der Waals surface area contributed by atoms with Crippen LogP contribution in [0.15, 0.2) is 12.4 Å². The van der Waals surface area contributed by atoms with Gasteiger partial charge < -0.3 is 19.9 Å². The summed E-state index contributed by atoms with van der Waals surface area (Å²) >= 11 is 0. The van der Waals surface area contributed by atoms with E-state index in [1.807, 2.05) is 11.1 Å². The van der Waals surface area contributed by atoms with E-state index in [2.05, 4.69) is 15.3 Å². The number of hydrogen-bond acceptors (Lipinski definition) is 3. The van der Waals surface area contributed by atoms with Crippen LogP contribution in [-0.4, -0.2) is 45.7 Å². The Kier molecular flexibility index (Phi) is 4.97. The zero-order valence-corrected chi connectivity index (χ0v) is 15.0. The third kappa shape index (κ3) is 3.68. The highest BCUT2D eigenvalue weighted by molar-refractivity contribution is 5.75. The van der Waals surface area contributed by atoms with Crippen LogP contribution in [0.2, 0.25) is 0 Å². The van der Waals surface area contributed by atoms with Crippen LogP contribution in [0.25, 0.3) is 0 Å². The molecule has 1 saturated carbocycles. The van der Waals surface area contributed by atoms with E-state index in [4.69, 9.17) is 4.74 Å². The fourth-order valence-electron chi connectivity index (χ4n) is 4.87. The van der Waals surface area contributed by atoms with Crippen molar-refractivity contribution in [2.75, 3.05) is 13.2 Å². The highest BCUT2D eigenvalue weighted by Gasteiger charge is 2.40. The molecule has 25 heavy (non-hydrogen) atoms. The number of piperidine rings is 1. The lowest BCUT2D eigenvalue weighted by Crippen LogP contribution is -2.53. The number of likely N-dealkylation sites (tertiary alicyclic amines) is 1. The van der Waals surface area contributed by atoms with Crippen molar-refractivity contribution in [3.8, 4) is 0 Å². The van der Waals surface area contributed by atoms with Gasteiger partial charge in [0.2, 0.25) is 0 Å². The second-order valence-electron chi connectivity index (χ2n) is 7.91. The minimum Gasteiger partial charge on any atom is -0.375 e. The Hall–Kier alpha value is -1.56. The fourth-order valence-corrected chi connectivity index (χ4v) is 4.87. The zero-order valence-electron chi connectivity index (χ0n) is 15.0. The molecule has 0 bridgehead atoms.